The Hall–Kier alpha value is -1.95. The Balaban J connectivity index is 1.70. The molecule has 1 aliphatic carbocycles. The van der Waals surface area contributed by atoms with Crippen molar-refractivity contribution in [3.63, 3.8) is 0 Å². The fraction of sp³-hybridized carbons (Fsp3) is 0.556. The second-order valence-electron chi connectivity index (χ2n) is 6.82. The summed E-state index contributed by atoms with van der Waals surface area (Å²) in [7, 11) is 1.68. The van der Waals surface area contributed by atoms with Gasteiger partial charge >= 0.3 is 0 Å². The van der Waals surface area contributed by atoms with E-state index in [0.717, 1.165) is 19.3 Å². The van der Waals surface area contributed by atoms with Crippen LogP contribution < -0.4 is 10.6 Å². The molecule has 1 aliphatic heterocycles. The molecule has 1 saturated heterocycles. The molecule has 2 N–H and O–H groups in total. The van der Waals surface area contributed by atoms with E-state index in [0.29, 0.717) is 19.4 Å². The fourth-order valence-electron chi connectivity index (χ4n) is 3.83. The van der Waals surface area contributed by atoms with Gasteiger partial charge in [-0.2, -0.15) is 0 Å². The summed E-state index contributed by atoms with van der Waals surface area (Å²) in [5.41, 5.74) is 6.25. The highest BCUT2D eigenvalue weighted by Gasteiger charge is 2.40. The predicted molar refractivity (Wildman–Crippen MR) is 89.9 cm³/mol. The smallest absolute Gasteiger partial charge is 0.249 e. The predicted octanol–water partition coefficient (Wildman–Crippen LogP) is 1.91. The van der Waals surface area contributed by atoms with Crippen LogP contribution in [0.5, 0.6) is 0 Å². The molecule has 1 saturated carbocycles. The van der Waals surface area contributed by atoms with Crippen LogP contribution in [0.3, 0.4) is 0 Å². The molecule has 2 aliphatic rings. The van der Waals surface area contributed by atoms with E-state index in [-0.39, 0.29) is 29.5 Å². The molecule has 0 spiro atoms. The van der Waals surface area contributed by atoms with Crippen molar-refractivity contribution in [2.75, 3.05) is 18.5 Å². The van der Waals surface area contributed by atoms with Crippen molar-refractivity contribution in [1.82, 2.24) is 4.90 Å². The first-order chi connectivity index (χ1) is 11.5. The van der Waals surface area contributed by atoms with Crippen molar-refractivity contribution in [1.29, 1.82) is 0 Å². The highest BCUT2D eigenvalue weighted by atomic mass is 19.1. The van der Waals surface area contributed by atoms with Gasteiger partial charge in [-0.25, -0.2) is 4.39 Å². The maximum atomic E-state index is 13.9. The van der Waals surface area contributed by atoms with Crippen molar-refractivity contribution >= 4 is 17.5 Å². The molecule has 5 nitrogen and oxygen atoms in total. The van der Waals surface area contributed by atoms with Crippen LogP contribution in [0.1, 0.15) is 32.1 Å². The van der Waals surface area contributed by atoms with E-state index in [9.17, 15) is 14.0 Å². The summed E-state index contributed by atoms with van der Waals surface area (Å²) < 4.78 is 13.9. The number of anilines is 1. The van der Waals surface area contributed by atoms with Crippen LogP contribution in [-0.2, 0) is 9.59 Å². The molecule has 1 aromatic carbocycles. The number of likely N-dealkylation sites (N-methyl/N-ethyl adjacent to an activating group) is 1. The van der Waals surface area contributed by atoms with Crippen LogP contribution in [0.25, 0.3) is 0 Å². The average molecular weight is 333 g/mol. The van der Waals surface area contributed by atoms with E-state index in [1.807, 2.05) is 0 Å². The first kappa shape index (κ1) is 16.9. The van der Waals surface area contributed by atoms with Gasteiger partial charge in [-0.3, -0.25) is 9.59 Å². The fourth-order valence-corrected chi connectivity index (χ4v) is 3.83. The third-order valence-corrected chi connectivity index (χ3v) is 5.20. The molecule has 2 fully saturated rings. The Morgan fingerprint density at radius 1 is 1.29 bits per heavy atom. The number of halogens is 1. The first-order valence-electron chi connectivity index (χ1n) is 8.57. The highest BCUT2D eigenvalue weighted by Crippen LogP contribution is 2.29. The minimum atomic E-state index is -0.518. The summed E-state index contributed by atoms with van der Waals surface area (Å²) in [6.45, 7) is 0.423. The van der Waals surface area contributed by atoms with E-state index in [1.54, 1.807) is 30.1 Å². The van der Waals surface area contributed by atoms with Crippen molar-refractivity contribution < 1.29 is 14.0 Å². The van der Waals surface area contributed by atoms with E-state index in [2.05, 4.69) is 0 Å². The van der Waals surface area contributed by atoms with Crippen LogP contribution in [0, 0.1) is 11.7 Å². The standard InChI is InChI=1S/C18H24FN3O2/c1-21(17(23)12-5-4-6-13(20)11-12)16-9-10-22(18(16)24)15-8-3-2-7-14(15)19/h2-3,7-8,12-13,16H,4-6,9-11,20H2,1H3. The molecule has 1 aromatic rings. The summed E-state index contributed by atoms with van der Waals surface area (Å²) in [5.74, 6) is -0.747. The maximum Gasteiger partial charge on any atom is 0.249 e. The Morgan fingerprint density at radius 2 is 2.04 bits per heavy atom. The van der Waals surface area contributed by atoms with Crippen LogP contribution in [0.15, 0.2) is 24.3 Å². The molecule has 130 valence electrons. The summed E-state index contributed by atoms with van der Waals surface area (Å²) in [6.07, 6.45) is 3.94. The zero-order valence-corrected chi connectivity index (χ0v) is 14.0. The molecule has 0 aromatic heterocycles. The maximum absolute atomic E-state index is 13.9. The van der Waals surface area contributed by atoms with Crippen molar-refractivity contribution in [2.24, 2.45) is 11.7 Å². The van der Waals surface area contributed by atoms with Gasteiger partial charge in [-0.05, 0) is 37.8 Å². The number of carbonyl (C=O) groups excluding carboxylic acids is 2. The number of nitrogens with zero attached hydrogens (tertiary/aromatic N) is 2. The van der Waals surface area contributed by atoms with Gasteiger partial charge in [0.05, 0.1) is 5.69 Å². The van der Waals surface area contributed by atoms with Gasteiger partial charge in [0.1, 0.15) is 11.9 Å². The van der Waals surface area contributed by atoms with Gasteiger partial charge in [-0.15, -0.1) is 0 Å². The van der Waals surface area contributed by atoms with Crippen LogP contribution >= 0.6 is 0 Å². The minimum absolute atomic E-state index is 0.0149. The summed E-state index contributed by atoms with van der Waals surface area (Å²) in [5, 5.41) is 0. The lowest BCUT2D eigenvalue weighted by Crippen LogP contribution is -2.47. The number of carbonyl (C=O) groups is 2. The number of nitrogens with two attached hydrogens (primary N) is 1. The van der Waals surface area contributed by atoms with Gasteiger partial charge in [0.2, 0.25) is 11.8 Å². The topological polar surface area (TPSA) is 66.6 Å². The Labute approximate surface area is 141 Å². The zero-order chi connectivity index (χ0) is 17.3. The van der Waals surface area contributed by atoms with Crippen molar-refractivity contribution in [3.8, 4) is 0 Å². The van der Waals surface area contributed by atoms with E-state index >= 15 is 0 Å². The third-order valence-electron chi connectivity index (χ3n) is 5.20. The molecule has 24 heavy (non-hydrogen) atoms. The van der Waals surface area contributed by atoms with Crippen LogP contribution in [0.2, 0.25) is 0 Å². The molecule has 2 amide bonds. The summed E-state index contributed by atoms with van der Waals surface area (Å²) in [4.78, 5) is 28.4. The lowest BCUT2D eigenvalue weighted by molar-refractivity contribution is -0.141. The molecule has 0 bridgehead atoms. The lowest BCUT2D eigenvalue weighted by atomic mass is 9.85. The number of benzene rings is 1. The molecular weight excluding hydrogens is 309 g/mol. The number of hydrogen-bond donors (Lipinski definition) is 1. The van der Waals surface area contributed by atoms with Gasteiger partial charge in [0.15, 0.2) is 0 Å². The third kappa shape index (κ3) is 3.15. The second kappa shape index (κ2) is 6.89. The first-order valence-corrected chi connectivity index (χ1v) is 8.57. The second-order valence-corrected chi connectivity index (χ2v) is 6.82. The molecule has 3 unspecified atom stereocenters. The van der Waals surface area contributed by atoms with Gasteiger partial charge in [-0.1, -0.05) is 18.6 Å². The molecule has 3 rings (SSSR count). The average Bonchev–Trinajstić information content (AvgIpc) is 2.95. The van der Waals surface area contributed by atoms with E-state index in [4.69, 9.17) is 5.73 Å². The van der Waals surface area contributed by atoms with Crippen LogP contribution in [0.4, 0.5) is 10.1 Å². The SMILES string of the molecule is CN(C(=O)C1CCCC(N)C1)C1CCN(c2ccccc2F)C1=O. The van der Waals surface area contributed by atoms with Gasteiger partial charge in [0, 0.05) is 25.6 Å². The quantitative estimate of drug-likeness (QED) is 0.919. The Bertz CT molecular complexity index is 636. The number of para-hydroxylation sites is 1. The normalized spacial score (nSPS) is 27.4. The lowest BCUT2D eigenvalue weighted by Gasteiger charge is -2.31. The number of hydrogen-bond acceptors (Lipinski definition) is 3. The molecule has 1 heterocycles. The molecular formula is C18H24FN3O2. The minimum Gasteiger partial charge on any atom is -0.333 e. The summed E-state index contributed by atoms with van der Waals surface area (Å²) >= 11 is 0. The van der Waals surface area contributed by atoms with E-state index in [1.165, 1.54) is 11.0 Å². The highest BCUT2D eigenvalue weighted by molar-refractivity contribution is 6.01. The van der Waals surface area contributed by atoms with E-state index < -0.39 is 11.9 Å². The summed E-state index contributed by atoms with van der Waals surface area (Å²) in [6, 6.07) is 5.78. The molecule has 6 heteroatoms. The Morgan fingerprint density at radius 3 is 2.75 bits per heavy atom. The monoisotopic (exact) mass is 333 g/mol. The zero-order valence-electron chi connectivity index (χ0n) is 14.0. The molecule has 3 atom stereocenters. The molecule has 0 radical (unpaired) electrons. The van der Waals surface area contributed by atoms with Crippen molar-refractivity contribution in [3.05, 3.63) is 30.1 Å². The van der Waals surface area contributed by atoms with Crippen molar-refractivity contribution in [2.45, 2.75) is 44.2 Å². The van der Waals surface area contributed by atoms with Crippen LogP contribution in [-0.4, -0.2) is 42.4 Å². The number of amides is 2. The van der Waals surface area contributed by atoms with Gasteiger partial charge < -0.3 is 15.5 Å². The Kier molecular flexibility index (Phi) is 4.85. The van der Waals surface area contributed by atoms with Gasteiger partial charge in [0.25, 0.3) is 0 Å². The largest absolute Gasteiger partial charge is 0.333 e. The number of rotatable bonds is 3.